The first-order valence-electron chi connectivity index (χ1n) is 8.94. The summed E-state index contributed by atoms with van der Waals surface area (Å²) in [5.41, 5.74) is 13.6. The van der Waals surface area contributed by atoms with Gasteiger partial charge in [0.2, 0.25) is 5.91 Å². The van der Waals surface area contributed by atoms with Crippen molar-refractivity contribution in [2.24, 2.45) is 11.7 Å². The minimum Gasteiger partial charge on any atom is -0.339 e. The van der Waals surface area contributed by atoms with Crippen LogP contribution in [0.25, 0.3) is 0 Å². The van der Waals surface area contributed by atoms with Gasteiger partial charge >= 0.3 is 0 Å². The fraction of sp³-hybridized carbons (Fsp3) is 0.611. The van der Waals surface area contributed by atoms with Crippen molar-refractivity contribution in [1.29, 1.82) is 0 Å². The number of benzene rings is 1. The molecule has 1 aromatic rings. The summed E-state index contributed by atoms with van der Waals surface area (Å²) in [6.45, 7) is 2.81. The van der Waals surface area contributed by atoms with Crippen molar-refractivity contribution in [3.05, 3.63) is 35.9 Å². The van der Waals surface area contributed by atoms with Crippen LogP contribution >= 0.6 is 0 Å². The monoisotopic (exact) mass is 329 g/mol. The Morgan fingerprint density at radius 1 is 1.12 bits per heavy atom. The normalized spacial score (nSPS) is 36.8. The molecule has 5 atom stereocenters. The van der Waals surface area contributed by atoms with Crippen LogP contribution < -0.4 is 16.6 Å². The Morgan fingerprint density at radius 3 is 2.67 bits per heavy atom. The Labute approximate surface area is 143 Å². The molecule has 4 aliphatic rings. The van der Waals surface area contributed by atoms with E-state index in [0.717, 1.165) is 25.2 Å². The molecular weight excluding hydrogens is 302 g/mol. The van der Waals surface area contributed by atoms with Gasteiger partial charge in [0.05, 0.1) is 6.17 Å². The van der Waals surface area contributed by atoms with Gasteiger partial charge in [-0.05, 0) is 31.4 Å². The SMILES string of the molecule is CN1C[C@H]2CC[C@@H]1CN(C(=O)C1NNC(N)C1c1ccccc1)C2. The summed E-state index contributed by atoms with van der Waals surface area (Å²) in [5, 5.41) is 0. The molecule has 6 nitrogen and oxygen atoms in total. The molecule has 4 aliphatic heterocycles. The van der Waals surface area contributed by atoms with Crippen molar-refractivity contribution in [3.8, 4) is 0 Å². The summed E-state index contributed by atoms with van der Waals surface area (Å²) in [5.74, 6) is 0.727. The Morgan fingerprint density at radius 2 is 1.92 bits per heavy atom. The van der Waals surface area contributed by atoms with Crippen LogP contribution in [0, 0.1) is 5.92 Å². The average Bonchev–Trinajstić information content (AvgIpc) is 2.77. The number of carbonyl (C=O) groups excluding carboxylic acids is 1. The van der Waals surface area contributed by atoms with E-state index in [0.29, 0.717) is 12.0 Å². The highest BCUT2D eigenvalue weighted by Gasteiger charge is 2.43. The van der Waals surface area contributed by atoms with Gasteiger partial charge in [-0.3, -0.25) is 4.79 Å². The van der Waals surface area contributed by atoms with Gasteiger partial charge in [0, 0.05) is 31.6 Å². The number of nitrogens with one attached hydrogen (secondary N) is 2. The van der Waals surface area contributed by atoms with Crippen LogP contribution in [-0.4, -0.2) is 60.6 Å². The highest BCUT2D eigenvalue weighted by Crippen LogP contribution is 2.30. The molecule has 4 saturated heterocycles. The number of hydrogen-bond donors (Lipinski definition) is 3. The number of hydrazine groups is 1. The lowest BCUT2D eigenvalue weighted by Gasteiger charge is -2.32. The third-order valence-corrected chi connectivity index (χ3v) is 5.90. The third-order valence-electron chi connectivity index (χ3n) is 5.90. The molecule has 4 N–H and O–H groups in total. The predicted molar refractivity (Wildman–Crippen MR) is 92.9 cm³/mol. The van der Waals surface area contributed by atoms with Crippen LogP contribution in [0.2, 0.25) is 0 Å². The smallest absolute Gasteiger partial charge is 0.241 e. The summed E-state index contributed by atoms with van der Waals surface area (Å²) in [4.78, 5) is 17.7. The molecule has 5 rings (SSSR count). The number of carbonyl (C=O) groups is 1. The van der Waals surface area contributed by atoms with Crippen LogP contribution in [0.15, 0.2) is 30.3 Å². The molecule has 4 heterocycles. The van der Waals surface area contributed by atoms with Gasteiger partial charge in [-0.25, -0.2) is 10.9 Å². The lowest BCUT2D eigenvalue weighted by atomic mass is 9.90. The van der Waals surface area contributed by atoms with Crippen molar-refractivity contribution < 1.29 is 4.79 Å². The third kappa shape index (κ3) is 2.84. The molecule has 3 unspecified atom stereocenters. The molecule has 0 spiro atoms. The van der Waals surface area contributed by atoms with E-state index in [1.165, 1.54) is 12.8 Å². The summed E-state index contributed by atoms with van der Waals surface area (Å²) >= 11 is 0. The molecule has 130 valence electrons. The minimum absolute atomic E-state index is 0.0441. The molecule has 24 heavy (non-hydrogen) atoms. The standard InChI is InChI=1S/C18H27N5O/c1-22-9-12-7-8-14(22)11-23(10-12)18(24)16-15(17(19)21-20-16)13-5-3-2-4-6-13/h2-6,12,14-17,20-21H,7-11,19H2,1H3/t12-,14-,15?,16?,17?/m1/s1. The first-order chi connectivity index (χ1) is 11.6. The second-order valence-electron chi connectivity index (χ2n) is 7.51. The highest BCUT2D eigenvalue weighted by atomic mass is 16.2. The Bertz CT molecular complexity index is 594. The van der Waals surface area contributed by atoms with Gasteiger partial charge in [0.25, 0.3) is 0 Å². The number of piperidine rings is 1. The molecule has 1 aromatic carbocycles. The number of likely N-dealkylation sites (N-methyl/N-ethyl adjacent to an activating group) is 1. The van der Waals surface area contributed by atoms with Crippen molar-refractivity contribution in [2.45, 2.75) is 37.0 Å². The number of fused-ring (bicyclic) bond motifs is 4. The summed E-state index contributed by atoms with van der Waals surface area (Å²) in [6, 6.07) is 10.3. The van der Waals surface area contributed by atoms with Gasteiger partial charge in [0.15, 0.2) is 0 Å². The topological polar surface area (TPSA) is 73.6 Å². The Hall–Kier alpha value is -1.47. The van der Waals surface area contributed by atoms with Gasteiger partial charge in [-0.15, -0.1) is 0 Å². The lowest BCUT2D eigenvalue weighted by molar-refractivity contribution is -0.134. The molecular formula is C18H27N5O. The maximum Gasteiger partial charge on any atom is 0.241 e. The van der Waals surface area contributed by atoms with E-state index in [9.17, 15) is 4.79 Å². The first-order valence-corrected chi connectivity index (χ1v) is 8.94. The van der Waals surface area contributed by atoms with E-state index in [2.05, 4.69) is 39.8 Å². The molecule has 0 aromatic heterocycles. The van der Waals surface area contributed by atoms with Crippen LogP contribution in [0.5, 0.6) is 0 Å². The maximum absolute atomic E-state index is 13.3. The number of nitrogens with two attached hydrogens (primary N) is 1. The molecule has 1 amide bonds. The van der Waals surface area contributed by atoms with Gasteiger partial charge in [-0.2, -0.15) is 0 Å². The summed E-state index contributed by atoms with van der Waals surface area (Å²) < 4.78 is 0. The number of hydrogen-bond acceptors (Lipinski definition) is 5. The Kier molecular flexibility index (Phi) is 4.30. The number of rotatable bonds is 2. The van der Waals surface area contributed by atoms with Crippen LogP contribution in [-0.2, 0) is 4.79 Å². The molecule has 4 fully saturated rings. The quantitative estimate of drug-likeness (QED) is 0.717. The molecule has 0 radical (unpaired) electrons. The van der Waals surface area contributed by atoms with E-state index >= 15 is 0 Å². The second-order valence-corrected chi connectivity index (χ2v) is 7.51. The zero-order valence-electron chi connectivity index (χ0n) is 14.2. The van der Waals surface area contributed by atoms with Crippen LogP contribution in [0.3, 0.4) is 0 Å². The van der Waals surface area contributed by atoms with E-state index in [-0.39, 0.29) is 24.0 Å². The van der Waals surface area contributed by atoms with Crippen molar-refractivity contribution in [1.82, 2.24) is 20.7 Å². The number of nitrogens with zero attached hydrogens (tertiary/aromatic N) is 2. The predicted octanol–water partition coefficient (Wildman–Crippen LogP) is 0.0840. The van der Waals surface area contributed by atoms with E-state index in [4.69, 9.17) is 5.73 Å². The summed E-state index contributed by atoms with van der Waals surface area (Å²) in [7, 11) is 2.18. The minimum atomic E-state index is -0.301. The van der Waals surface area contributed by atoms with E-state index in [1.54, 1.807) is 0 Å². The summed E-state index contributed by atoms with van der Waals surface area (Å²) in [6.07, 6.45) is 2.17. The van der Waals surface area contributed by atoms with Gasteiger partial charge < -0.3 is 15.5 Å². The van der Waals surface area contributed by atoms with Crippen molar-refractivity contribution in [3.63, 3.8) is 0 Å². The average molecular weight is 329 g/mol. The highest BCUT2D eigenvalue weighted by molar-refractivity contribution is 5.83. The number of amides is 1. The Balaban J connectivity index is 1.55. The largest absolute Gasteiger partial charge is 0.339 e. The van der Waals surface area contributed by atoms with E-state index in [1.807, 2.05) is 18.2 Å². The van der Waals surface area contributed by atoms with Crippen molar-refractivity contribution >= 4 is 5.91 Å². The zero-order valence-corrected chi connectivity index (χ0v) is 14.2. The lowest BCUT2D eigenvalue weighted by Crippen LogP contribution is -2.49. The molecule has 0 saturated carbocycles. The maximum atomic E-state index is 13.3. The second kappa shape index (κ2) is 6.44. The first kappa shape index (κ1) is 16.0. The molecule has 6 heteroatoms. The fourth-order valence-corrected chi connectivity index (χ4v) is 4.56. The van der Waals surface area contributed by atoms with Crippen LogP contribution in [0.4, 0.5) is 0 Å². The van der Waals surface area contributed by atoms with Crippen LogP contribution in [0.1, 0.15) is 24.3 Å². The fourth-order valence-electron chi connectivity index (χ4n) is 4.56. The van der Waals surface area contributed by atoms with Gasteiger partial charge in [-0.1, -0.05) is 30.3 Å². The van der Waals surface area contributed by atoms with E-state index < -0.39 is 0 Å². The zero-order chi connectivity index (χ0) is 16.7. The molecule has 2 bridgehead atoms. The molecule has 0 aliphatic carbocycles. The van der Waals surface area contributed by atoms with Crippen molar-refractivity contribution in [2.75, 3.05) is 26.7 Å². The van der Waals surface area contributed by atoms with Gasteiger partial charge in [0.1, 0.15) is 6.04 Å².